The van der Waals surface area contributed by atoms with Gasteiger partial charge in [0, 0.05) is 25.2 Å². The molecule has 0 amide bonds. The Morgan fingerprint density at radius 2 is 2.33 bits per heavy atom. The highest BCUT2D eigenvalue weighted by Crippen LogP contribution is 2.25. The second-order valence-electron chi connectivity index (χ2n) is 3.95. The van der Waals surface area contributed by atoms with Crippen LogP contribution in [0.15, 0.2) is 28.9 Å². The van der Waals surface area contributed by atoms with E-state index in [0.717, 1.165) is 5.69 Å². The highest BCUT2D eigenvalue weighted by Gasteiger charge is 2.17. The molecule has 18 heavy (non-hydrogen) atoms. The van der Waals surface area contributed by atoms with Gasteiger partial charge in [0.2, 0.25) is 0 Å². The molecule has 0 saturated heterocycles. The first-order valence-electron chi connectivity index (χ1n) is 5.37. The minimum Gasteiger partial charge on any atom is -0.271 e. The second-order valence-corrected chi connectivity index (χ2v) is 4.80. The molecule has 0 saturated carbocycles. The van der Waals surface area contributed by atoms with Crippen molar-refractivity contribution >= 4 is 15.9 Å². The molecule has 0 aliphatic rings. The molecule has 3 N–H and O–H groups in total. The predicted octanol–water partition coefficient (Wildman–Crippen LogP) is 1.46. The number of hydrogen-bond acceptors (Lipinski definition) is 4. The number of halogens is 2. The smallest absolute Gasteiger partial charge is 0.142 e. The zero-order valence-corrected chi connectivity index (χ0v) is 11.4. The van der Waals surface area contributed by atoms with Crippen molar-refractivity contribution in [2.45, 2.75) is 12.5 Å². The van der Waals surface area contributed by atoms with Crippen LogP contribution in [0.4, 0.5) is 4.39 Å². The van der Waals surface area contributed by atoms with Crippen molar-refractivity contribution in [1.29, 1.82) is 0 Å². The Kier molecular flexibility index (Phi) is 4.05. The molecule has 0 fully saturated rings. The summed E-state index contributed by atoms with van der Waals surface area (Å²) in [5.74, 6) is 5.18. The predicted molar refractivity (Wildman–Crippen MR) is 68.9 cm³/mol. The molecule has 1 unspecified atom stereocenters. The average Bonchev–Trinajstić information content (AvgIpc) is 2.76. The monoisotopic (exact) mass is 313 g/mol. The maximum atomic E-state index is 14.0. The van der Waals surface area contributed by atoms with Gasteiger partial charge in [0.15, 0.2) is 0 Å². The van der Waals surface area contributed by atoms with Crippen molar-refractivity contribution in [3.63, 3.8) is 0 Å². The van der Waals surface area contributed by atoms with Crippen molar-refractivity contribution in [1.82, 2.24) is 20.4 Å². The standard InChI is InChI=1S/C11H13BrFN5/c1-18-6-7(16-17-18)5-10(15-14)8-3-2-4-9(12)11(8)13/h2-4,6,10,15H,5,14H2,1H3. The van der Waals surface area contributed by atoms with E-state index >= 15 is 0 Å². The van der Waals surface area contributed by atoms with Crippen LogP contribution in [0.3, 0.4) is 0 Å². The molecule has 0 bridgehead atoms. The first-order chi connectivity index (χ1) is 8.61. The Bertz CT molecular complexity index is 542. The third-order valence-electron chi connectivity index (χ3n) is 2.62. The normalized spacial score (nSPS) is 12.7. The highest BCUT2D eigenvalue weighted by molar-refractivity contribution is 9.10. The van der Waals surface area contributed by atoms with Crippen LogP contribution in [0.5, 0.6) is 0 Å². The van der Waals surface area contributed by atoms with Crippen LogP contribution < -0.4 is 11.3 Å². The zero-order valence-electron chi connectivity index (χ0n) is 9.77. The second kappa shape index (κ2) is 5.55. The van der Waals surface area contributed by atoms with Crippen LogP contribution >= 0.6 is 15.9 Å². The van der Waals surface area contributed by atoms with Crippen LogP contribution in [-0.4, -0.2) is 15.0 Å². The van der Waals surface area contributed by atoms with Crippen molar-refractivity contribution < 1.29 is 4.39 Å². The quantitative estimate of drug-likeness (QED) is 0.662. The Morgan fingerprint density at radius 1 is 1.56 bits per heavy atom. The summed E-state index contributed by atoms with van der Waals surface area (Å²) in [6.07, 6.45) is 2.25. The van der Waals surface area contributed by atoms with Crippen LogP contribution in [0.25, 0.3) is 0 Å². The van der Waals surface area contributed by atoms with Crippen molar-refractivity contribution in [2.24, 2.45) is 12.9 Å². The Balaban J connectivity index is 2.25. The third kappa shape index (κ3) is 2.74. The Labute approximate surface area is 112 Å². The number of aromatic nitrogens is 3. The fourth-order valence-corrected chi connectivity index (χ4v) is 2.13. The third-order valence-corrected chi connectivity index (χ3v) is 3.23. The van der Waals surface area contributed by atoms with Gasteiger partial charge in [-0.3, -0.25) is 16.0 Å². The number of hydrazine groups is 1. The van der Waals surface area contributed by atoms with E-state index in [1.165, 1.54) is 0 Å². The number of benzene rings is 1. The molecule has 1 aromatic heterocycles. The topological polar surface area (TPSA) is 68.8 Å². The highest BCUT2D eigenvalue weighted by atomic mass is 79.9. The summed E-state index contributed by atoms with van der Waals surface area (Å²) in [7, 11) is 1.78. The summed E-state index contributed by atoms with van der Waals surface area (Å²) in [4.78, 5) is 0. The molecular formula is C11H13BrFN5. The number of rotatable bonds is 4. The summed E-state index contributed by atoms with van der Waals surface area (Å²) in [5.41, 5.74) is 3.85. The fourth-order valence-electron chi connectivity index (χ4n) is 1.75. The van der Waals surface area contributed by atoms with E-state index < -0.39 is 0 Å². The summed E-state index contributed by atoms with van der Waals surface area (Å²) >= 11 is 3.16. The number of nitrogens with one attached hydrogen (secondary N) is 1. The SMILES string of the molecule is Cn1cc(CC(NN)c2cccc(Br)c2F)nn1. The lowest BCUT2D eigenvalue weighted by molar-refractivity contribution is 0.504. The molecule has 0 aliphatic heterocycles. The Morgan fingerprint density at radius 3 is 2.94 bits per heavy atom. The minimum atomic E-state index is -0.348. The van der Waals surface area contributed by atoms with Gasteiger partial charge in [0.25, 0.3) is 0 Å². The number of hydrogen-bond donors (Lipinski definition) is 2. The van der Waals surface area contributed by atoms with E-state index in [4.69, 9.17) is 5.84 Å². The van der Waals surface area contributed by atoms with E-state index in [1.807, 2.05) is 0 Å². The van der Waals surface area contributed by atoms with Gasteiger partial charge in [0.05, 0.1) is 16.2 Å². The van der Waals surface area contributed by atoms with Crippen molar-refractivity contribution in [3.8, 4) is 0 Å². The maximum absolute atomic E-state index is 14.0. The molecular weight excluding hydrogens is 301 g/mol. The molecule has 2 aromatic rings. The van der Waals surface area contributed by atoms with Crippen molar-refractivity contribution in [2.75, 3.05) is 0 Å². The zero-order chi connectivity index (χ0) is 13.1. The molecule has 1 heterocycles. The summed E-state index contributed by atoms with van der Waals surface area (Å²) in [5, 5.41) is 7.80. The number of aryl methyl sites for hydroxylation is 1. The van der Waals surface area contributed by atoms with Crippen LogP contribution in [0.2, 0.25) is 0 Å². The molecule has 0 radical (unpaired) electrons. The van der Waals surface area contributed by atoms with E-state index in [9.17, 15) is 4.39 Å². The fraction of sp³-hybridized carbons (Fsp3) is 0.273. The van der Waals surface area contributed by atoms with E-state index in [2.05, 4.69) is 31.7 Å². The minimum absolute atomic E-state index is 0.315. The Hall–Kier alpha value is -1.31. The molecule has 96 valence electrons. The van der Waals surface area contributed by atoms with Crippen LogP contribution in [-0.2, 0) is 13.5 Å². The van der Waals surface area contributed by atoms with E-state index in [0.29, 0.717) is 16.5 Å². The molecule has 1 aromatic carbocycles. The van der Waals surface area contributed by atoms with Gasteiger partial charge in [-0.15, -0.1) is 5.10 Å². The van der Waals surface area contributed by atoms with Gasteiger partial charge in [0.1, 0.15) is 5.82 Å². The first-order valence-corrected chi connectivity index (χ1v) is 6.16. The average molecular weight is 314 g/mol. The lowest BCUT2D eigenvalue weighted by Crippen LogP contribution is -2.30. The number of nitrogens with two attached hydrogens (primary N) is 1. The molecule has 0 aliphatic carbocycles. The first kappa shape index (κ1) is 13.1. The van der Waals surface area contributed by atoms with Gasteiger partial charge < -0.3 is 0 Å². The van der Waals surface area contributed by atoms with Crippen LogP contribution in [0, 0.1) is 5.82 Å². The van der Waals surface area contributed by atoms with E-state index in [-0.39, 0.29) is 11.9 Å². The molecule has 7 heteroatoms. The van der Waals surface area contributed by atoms with Gasteiger partial charge in [-0.2, -0.15) is 0 Å². The summed E-state index contributed by atoms with van der Waals surface area (Å²) in [6, 6.07) is 4.76. The lowest BCUT2D eigenvalue weighted by Gasteiger charge is -2.16. The largest absolute Gasteiger partial charge is 0.271 e. The summed E-state index contributed by atoms with van der Waals surface area (Å²) < 4.78 is 16.0. The molecule has 5 nitrogen and oxygen atoms in total. The van der Waals surface area contributed by atoms with Gasteiger partial charge >= 0.3 is 0 Å². The van der Waals surface area contributed by atoms with Gasteiger partial charge in [-0.25, -0.2) is 4.39 Å². The van der Waals surface area contributed by atoms with Gasteiger partial charge in [-0.05, 0) is 22.0 Å². The summed E-state index contributed by atoms with van der Waals surface area (Å²) in [6.45, 7) is 0. The van der Waals surface area contributed by atoms with Crippen molar-refractivity contribution in [3.05, 3.63) is 45.9 Å². The lowest BCUT2D eigenvalue weighted by atomic mass is 10.0. The molecule has 1 atom stereocenters. The molecule has 2 rings (SSSR count). The maximum Gasteiger partial charge on any atom is 0.142 e. The van der Waals surface area contributed by atoms with Crippen LogP contribution in [0.1, 0.15) is 17.3 Å². The van der Waals surface area contributed by atoms with Gasteiger partial charge in [-0.1, -0.05) is 17.3 Å². The van der Waals surface area contributed by atoms with E-state index in [1.54, 1.807) is 36.1 Å². The molecule has 0 spiro atoms. The number of nitrogens with zero attached hydrogens (tertiary/aromatic N) is 3.